The van der Waals surface area contributed by atoms with E-state index in [0.29, 0.717) is 12.1 Å². The summed E-state index contributed by atoms with van der Waals surface area (Å²) in [6.07, 6.45) is 1.93. The van der Waals surface area contributed by atoms with Crippen molar-refractivity contribution in [3.8, 4) is 0 Å². The summed E-state index contributed by atoms with van der Waals surface area (Å²) < 4.78 is 26.0. The molecule has 0 saturated heterocycles. The van der Waals surface area contributed by atoms with E-state index in [0.717, 1.165) is 22.3 Å². The summed E-state index contributed by atoms with van der Waals surface area (Å²) in [5.74, 6) is -0.0770. The molecule has 0 fully saturated rings. The molecule has 0 aliphatic heterocycles. The second kappa shape index (κ2) is 9.44. The Kier molecular flexibility index (Phi) is 7.47. The van der Waals surface area contributed by atoms with Crippen molar-refractivity contribution in [2.45, 2.75) is 53.5 Å². The summed E-state index contributed by atoms with van der Waals surface area (Å²) in [7, 11) is -3.43. The van der Waals surface area contributed by atoms with E-state index >= 15 is 0 Å². The highest BCUT2D eigenvalue weighted by molar-refractivity contribution is 7.92. The zero-order valence-electron chi connectivity index (χ0n) is 18.2. The zero-order chi connectivity index (χ0) is 21.8. The molecule has 0 unspecified atom stereocenters. The lowest BCUT2D eigenvalue weighted by molar-refractivity contribution is -0.121. The third-order valence-electron chi connectivity index (χ3n) is 5.28. The molecule has 2 rings (SSSR count). The van der Waals surface area contributed by atoms with Crippen LogP contribution >= 0.6 is 0 Å². The van der Waals surface area contributed by atoms with Gasteiger partial charge in [0, 0.05) is 13.0 Å². The van der Waals surface area contributed by atoms with Gasteiger partial charge in [0.25, 0.3) is 0 Å². The van der Waals surface area contributed by atoms with Crippen molar-refractivity contribution in [1.29, 1.82) is 0 Å². The molecule has 2 aromatic carbocycles. The maximum Gasteiger partial charge on any atom is 0.232 e. The first kappa shape index (κ1) is 22.9. The number of benzene rings is 2. The lowest BCUT2D eigenvalue weighted by Gasteiger charge is -2.25. The Balaban J connectivity index is 2.00. The van der Waals surface area contributed by atoms with Crippen molar-refractivity contribution in [2.75, 3.05) is 17.1 Å². The predicted molar refractivity (Wildman–Crippen MR) is 120 cm³/mol. The molecule has 0 saturated carbocycles. The van der Waals surface area contributed by atoms with Crippen LogP contribution in [0.5, 0.6) is 0 Å². The summed E-state index contributed by atoms with van der Waals surface area (Å²) >= 11 is 0. The van der Waals surface area contributed by atoms with Crippen LogP contribution in [0, 0.1) is 27.7 Å². The summed E-state index contributed by atoms with van der Waals surface area (Å²) in [5.41, 5.74) is 6.09. The number of nitrogens with zero attached hydrogens (tertiary/aromatic N) is 1. The van der Waals surface area contributed by atoms with Gasteiger partial charge in [-0.05, 0) is 69.4 Å². The Morgan fingerprint density at radius 2 is 1.76 bits per heavy atom. The Labute approximate surface area is 175 Å². The van der Waals surface area contributed by atoms with Gasteiger partial charge in [0.2, 0.25) is 15.9 Å². The van der Waals surface area contributed by atoms with Crippen molar-refractivity contribution in [3.05, 3.63) is 64.2 Å². The van der Waals surface area contributed by atoms with Gasteiger partial charge in [-0.25, -0.2) is 8.42 Å². The number of rotatable bonds is 8. The molecule has 0 radical (unpaired) electrons. The minimum Gasteiger partial charge on any atom is -0.350 e. The molecule has 1 amide bonds. The molecule has 29 heavy (non-hydrogen) atoms. The second-order valence-electron chi connectivity index (χ2n) is 7.81. The maximum absolute atomic E-state index is 12.4. The van der Waals surface area contributed by atoms with Gasteiger partial charge in [-0.2, -0.15) is 0 Å². The molecule has 1 atom stereocenters. The number of hydrogen-bond donors (Lipinski definition) is 1. The number of carbonyl (C=O) groups excluding carboxylic acids is 1. The van der Waals surface area contributed by atoms with E-state index in [4.69, 9.17) is 0 Å². The van der Waals surface area contributed by atoms with Gasteiger partial charge >= 0.3 is 0 Å². The first-order valence-electron chi connectivity index (χ1n) is 9.91. The third kappa shape index (κ3) is 6.07. The van der Waals surface area contributed by atoms with Crippen LogP contribution in [0.4, 0.5) is 5.69 Å². The molecule has 5 nitrogen and oxygen atoms in total. The zero-order valence-corrected chi connectivity index (χ0v) is 19.1. The molecule has 1 N–H and O–H groups in total. The standard InChI is InChI=1S/C23H32N2O3S/c1-16-12-13-21(18(3)15-16)20(5)24-23(26)11-8-14-25(29(6,27)28)22-10-7-9-17(2)19(22)4/h7,9-10,12-13,15,20H,8,11,14H2,1-6H3,(H,24,26)/t20-/m1/s1. The Bertz CT molecular complexity index is 984. The lowest BCUT2D eigenvalue weighted by Crippen LogP contribution is -2.33. The maximum atomic E-state index is 12.4. The number of nitrogens with one attached hydrogen (secondary N) is 1. The fraction of sp³-hybridized carbons (Fsp3) is 0.435. The lowest BCUT2D eigenvalue weighted by atomic mass is 10.00. The van der Waals surface area contributed by atoms with Crippen LogP contribution in [0.2, 0.25) is 0 Å². The molecule has 158 valence electrons. The van der Waals surface area contributed by atoms with Gasteiger partial charge in [0.05, 0.1) is 18.0 Å². The minimum atomic E-state index is -3.43. The Morgan fingerprint density at radius 1 is 1.07 bits per heavy atom. The first-order valence-corrected chi connectivity index (χ1v) is 11.8. The van der Waals surface area contributed by atoms with Crippen molar-refractivity contribution >= 4 is 21.6 Å². The SMILES string of the molecule is Cc1ccc([C@@H](C)NC(=O)CCCN(c2cccc(C)c2C)S(C)(=O)=O)c(C)c1. The number of hydrogen-bond acceptors (Lipinski definition) is 3. The van der Waals surface area contributed by atoms with Gasteiger partial charge in [-0.1, -0.05) is 35.9 Å². The fourth-order valence-electron chi connectivity index (χ4n) is 3.56. The van der Waals surface area contributed by atoms with E-state index in [9.17, 15) is 13.2 Å². The third-order valence-corrected chi connectivity index (χ3v) is 6.46. The van der Waals surface area contributed by atoms with Crippen molar-refractivity contribution in [2.24, 2.45) is 0 Å². The van der Waals surface area contributed by atoms with Crippen LogP contribution in [0.15, 0.2) is 36.4 Å². The van der Waals surface area contributed by atoms with Gasteiger partial charge in [0.1, 0.15) is 0 Å². The number of carbonyl (C=O) groups is 1. The van der Waals surface area contributed by atoms with Crippen LogP contribution in [0.25, 0.3) is 0 Å². The summed E-state index contributed by atoms with van der Waals surface area (Å²) in [6, 6.07) is 11.7. The molecule has 0 aliphatic carbocycles. The van der Waals surface area contributed by atoms with Crippen molar-refractivity contribution < 1.29 is 13.2 Å². The molecule has 2 aromatic rings. The highest BCUT2D eigenvalue weighted by atomic mass is 32.2. The molecule has 6 heteroatoms. The molecule has 0 heterocycles. The number of anilines is 1. The number of sulfonamides is 1. The molecular weight excluding hydrogens is 384 g/mol. The van der Waals surface area contributed by atoms with E-state index < -0.39 is 10.0 Å². The minimum absolute atomic E-state index is 0.0770. The van der Waals surface area contributed by atoms with Gasteiger partial charge in [-0.3, -0.25) is 9.10 Å². The topological polar surface area (TPSA) is 66.5 Å². The monoisotopic (exact) mass is 416 g/mol. The van der Waals surface area contributed by atoms with Gasteiger partial charge < -0.3 is 5.32 Å². The van der Waals surface area contributed by atoms with Crippen LogP contribution in [-0.2, 0) is 14.8 Å². The summed E-state index contributed by atoms with van der Waals surface area (Å²) in [6.45, 7) is 10.2. The highest BCUT2D eigenvalue weighted by Crippen LogP contribution is 2.25. The van der Waals surface area contributed by atoms with Crippen molar-refractivity contribution in [3.63, 3.8) is 0 Å². The van der Waals surface area contributed by atoms with Crippen molar-refractivity contribution in [1.82, 2.24) is 5.32 Å². The summed E-state index contributed by atoms with van der Waals surface area (Å²) in [4.78, 5) is 12.4. The van der Waals surface area contributed by atoms with E-state index in [2.05, 4.69) is 11.4 Å². The van der Waals surface area contributed by atoms with Crippen LogP contribution < -0.4 is 9.62 Å². The Morgan fingerprint density at radius 3 is 2.38 bits per heavy atom. The van der Waals surface area contributed by atoms with Gasteiger partial charge in [-0.15, -0.1) is 0 Å². The number of aryl methyl sites for hydroxylation is 3. The normalized spacial score (nSPS) is 12.5. The quantitative estimate of drug-likeness (QED) is 0.696. The smallest absolute Gasteiger partial charge is 0.232 e. The molecule has 0 aromatic heterocycles. The average Bonchev–Trinajstić information content (AvgIpc) is 2.60. The highest BCUT2D eigenvalue weighted by Gasteiger charge is 2.20. The van der Waals surface area contributed by atoms with Crippen LogP contribution in [0.1, 0.15) is 53.6 Å². The summed E-state index contributed by atoms with van der Waals surface area (Å²) in [5, 5.41) is 3.02. The van der Waals surface area contributed by atoms with Gasteiger partial charge in [0.15, 0.2) is 0 Å². The first-order chi connectivity index (χ1) is 13.5. The fourth-order valence-corrected chi connectivity index (χ4v) is 4.57. The molecule has 0 aliphatic rings. The van der Waals surface area contributed by atoms with E-state index in [-0.39, 0.29) is 24.9 Å². The Hall–Kier alpha value is -2.34. The van der Waals surface area contributed by atoms with E-state index in [1.54, 1.807) is 0 Å². The number of amides is 1. The predicted octanol–water partition coefficient (Wildman–Crippen LogP) is 4.34. The molecule has 0 spiro atoms. The molecular formula is C23H32N2O3S. The van der Waals surface area contributed by atoms with E-state index in [1.165, 1.54) is 16.1 Å². The van der Waals surface area contributed by atoms with Crippen LogP contribution in [0.3, 0.4) is 0 Å². The molecule has 0 bridgehead atoms. The van der Waals surface area contributed by atoms with Crippen LogP contribution in [-0.4, -0.2) is 27.1 Å². The largest absolute Gasteiger partial charge is 0.350 e. The average molecular weight is 417 g/mol. The van der Waals surface area contributed by atoms with E-state index in [1.807, 2.05) is 65.0 Å². The second-order valence-corrected chi connectivity index (χ2v) is 9.71.